The van der Waals surface area contributed by atoms with Crippen LogP contribution >= 0.6 is 0 Å². The fourth-order valence-corrected chi connectivity index (χ4v) is 3.16. The molecule has 1 N–H and O–H groups in total. The maximum absolute atomic E-state index is 11.9. The van der Waals surface area contributed by atoms with Crippen molar-refractivity contribution in [3.63, 3.8) is 0 Å². The highest BCUT2D eigenvalue weighted by Crippen LogP contribution is 2.38. The van der Waals surface area contributed by atoms with E-state index in [2.05, 4.69) is 19.2 Å². The number of amides is 1. The van der Waals surface area contributed by atoms with Crippen molar-refractivity contribution < 1.29 is 14.3 Å². The Morgan fingerprint density at radius 3 is 2.57 bits per heavy atom. The summed E-state index contributed by atoms with van der Waals surface area (Å²) >= 11 is 0. The highest BCUT2D eigenvalue weighted by molar-refractivity contribution is 5.96. The highest BCUT2D eigenvalue weighted by atomic mass is 16.7. The summed E-state index contributed by atoms with van der Waals surface area (Å²) < 4.78 is 12.1. The van der Waals surface area contributed by atoms with Crippen LogP contribution in [0, 0.1) is 5.92 Å². The van der Waals surface area contributed by atoms with Gasteiger partial charge in [-0.25, -0.2) is 0 Å². The van der Waals surface area contributed by atoms with Gasteiger partial charge in [-0.05, 0) is 18.9 Å². The zero-order valence-electron chi connectivity index (χ0n) is 12.6. The van der Waals surface area contributed by atoms with Gasteiger partial charge in [0.1, 0.15) is 5.54 Å². The van der Waals surface area contributed by atoms with Gasteiger partial charge in [0.15, 0.2) is 6.29 Å². The van der Waals surface area contributed by atoms with Gasteiger partial charge in [0.25, 0.3) is 0 Å². The van der Waals surface area contributed by atoms with Crippen LogP contribution in [-0.2, 0) is 14.3 Å². The third-order valence-corrected chi connectivity index (χ3v) is 4.11. The molecule has 2 aliphatic heterocycles. The van der Waals surface area contributed by atoms with E-state index in [1.54, 1.807) is 0 Å². The summed E-state index contributed by atoms with van der Waals surface area (Å²) in [6, 6.07) is 9.90. The second-order valence-electron chi connectivity index (χ2n) is 6.18. The lowest BCUT2D eigenvalue weighted by molar-refractivity contribution is -0.253. The predicted molar refractivity (Wildman–Crippen MR) is 79.5 cm³/mol. The van der Waals surface area contributed by atoms with Crippen molar-refractivity contribution in [2.45, 2.75) is 38.7 Å². The molecule has 3 rings (SSSR count). The van der Waals surface area contributed by atoms with Crippen LogP contribution in [0.2, 0.25) is 0 Å². The van der Waals surface area contributed by atoms with Gasteiger partial charge in [-0.1, -0.05) is 44.2 Å². The summed E-state index contributed by atoms with van der Waals surface area (Å²) in [7, 11) is 0. The van der Waals surface area contributed by atoms with Gasteiger partial charge in [-0.2, -0.15) is 0 Å². The Bertz CT molecular complexity index is 567. The van der Waals surface area contributed by atoms with Crippen LogP contribution in [0.1, 0.15) is 32.6 Å². The molecule has 2 aliphatic rings. The standard InChI is InChI=1S/C17H21NO3/c1-11(2)14-17(9-12(3)15(19)18-17)10-20-16(21-14)13-7-5-4-6-8-13/h4-9,11,14,16H,10H2,1-3H3,(H,18,19)/t14-,16-,17-/m1/s1. The van der Waals surface area contributed by atoms with Gasteiger partial charge in [0.2, 0.25) is 5.91 Å². The molecule has 0 bridgehead atoms. The minimum Gasteiger partial charge on any atom is -0.345 e. The molecule has 21 heavy (non-hydrogen) atoms. The summed E-state index contributed by atoms with van der Waals surface area (Å²) in [5.74, 6) is 0.230. The van der Waals surface area contributed by atoms with Crippen molar-refractivity contribution in [1.82, 2.24) is 5.32 Å². The Morgan fingerprint density at radius 1 is 1.29 bits per heavy atom. The summed E-state index contributed by atoms with van der Waals surface area (Å²) in [4.78, 5) is 11.9. The van der Waals surface area contributed by atoms with Crippen LogP contribution in [-0.4, -0.2) is 24.2 Å². The second kappa shape index (κ2) is 5.28. The molecule has 1 amide bonds. The topological polar surface area (TPSA) is 47.6 Å². The zero-order valence-corrected chi connectivity index (χ0v) is 12.6. The maximum Gasteiger partial charge on any atom is 0.247 e. The van der Waals surface area contributed by atoms with Crippen LogP contribution in [0.4, 0.5) is 0 Å². The van der Waals surface area contributed by atoms with Gasteiger partial charge in [-0.3, -0.25) is 4.79 Å². The van der Waals surface area contributed by atoms with Gasteiger partial charge in [0.05, 0.1) is 12.7 Å². The quantitative estimate of drug-likeness (QED) is 0.909. The van der Waals surface area contributed by atoms with Crippen molar-refractivity contribution in [3.05, 3.63) is 47.5 Å². The third kappa shape index (κ3) is 2.49. The largest absolute Gasteiger partial charge is 0.345 e. The number of carbonyl (C=O) groups excluding carboxylic acids is 1. The minimum atomic E-state index is -0.541. The normalized spacial score (nSPS) is 32.4. The molecule has 1 fully saturated rings. The van der Waals surface area contributed by atoms with Gasteiger partial charge in [-0.15, -0.1) is 0 Å². The molecule has 1 aromatic carbocycles. The van der Waals surface area contributed by atoms with Crippen LogP contribution < -0.4 is 5.32 Å². The van der Waals surface area contributed by atoms with E-state index in [9.17, 15) is 4.79 Å². The monoisotopic (exact) mass is 287 g/mol. The van der Waals surface area contributed by atoms with Gasteiger partial charge in [0, 0.05) is 11.1 Å². The Kier molecular flexibility index (Phi) is 3.59. The summed E-state index contributed by atoms with van der Waals surface area (Å²) in [6.45, 7) is 6.46. The van der Waals surface area contributed by atoms with Crippen LogP contribution in [0.15, 0.2) is 42.0 Å². The number of ether oxygens (including phenoxy) is 2. The Balaban J connectivity index is 1.87. The molecule has 0 saturated carbocycles. The molecule has 0 aromatic heterocycles. The van der Waals surface area contributed by atoms with Crippen molar-refractivity contribution in [2.24, 2.45) is 5.92 Å². The molecular formula is C17H21NO3. The molecule has 4 heteroatoms. The minimum absolute atomic E-state index is 0.0361. The number of rotatable bonds is 2. The van der Waals surface area contributed by atoms with Crippen LogP contribution in [0.5, 0.6) is 0 Å². The Morgan fingerprint density at radius 2 is 2.00 bits per heavy atom. The van der Waals surface area contributed by atoms with Gasteiger partial charge >= 0.3 is 0 Å². The van der Waals surface area contributed by atoms with Crippen molar-refractivity contribution in [3.8, 4) is 0 Å². The Hall–Kier alpha value is -1.65. The lowest BCUT2D eigenvalue weighted by Crippen LogP contribution is -2.61. The number of hydrogen-bond acceptors (Lipinski definition) is 3. The molecule has 0 radical (unpaired) electrons. The van der Waals surface area contributed by atoms with Gasteiger partial charge < -0.3 is 14.8 Å². The second-order valence-corrected chi connectivity index (χ2v) is 6.18. The number of carbonyl (C=O) groups is 1. The fourth-order valence-electron chi connectivity index (χ4n) is 3.16. The lowest BCUT2D eigenvalue weighted by atomic mass is 9.85. The number of benzene rings is 1. The van der Waals surface area contributed by atoms with E-state index in [0.29, 0.717) is 6.61 Å². The molecule has 4 nitrogen and oxygen atoms in total. The maximum atomic E-state index is 11.9. The van der Waals surface area contributed by atoms with E-state index in [1.807, 2.05) is 43.3 Å². The van der Waals surface area contributed by atoms with Crippen LogP contribution in [0.25, 0.3) is 0 Å². The molecule has 3 atom stereocenters. The van der Waals surface area contributed by atoms with Crippen molar-refractivity contribution in [1.29, 1.82) is 0 Å². The lowest BCUT2D eigenvalue weighted by Gasteiger charge is -2.45. The Labute approximate surface area is 125 Å². The molecule has 1 aromatic rings. The van der Waals surface area contributed by atoms with E-state index >= 15 is 0 Å². The highest BCUT2D eigenvalue weighted by Gasteiger charge is 2.49. The van der Waals surface area contributed by atoms with Crippen molar-refractivity contribution >= 4 is 5.91 Å². The molecule has 112 valence electrons. The zero-order chi connectivity index (χ0) is 15.0. The first-order valence-corrected chi connectivity index (χ1v) is 7.36. The average molecular weight is 287 g/mol. The van der Waals surface area contributed by atoms with Crippen molar-refractivity contribution in [2.75, 3.05) is 6.61 Å². The van der Waals surface area contributed by atoms with E-state index in [1.165, 1.54) is 0 Å². The average Bonchev–Trinajstić information content (AvgIpc) is 2.75. The first-order valence-electron chi connectivity index (χ1n) is 7.36. The third-order valence-electron chi connectivity index (χ3n) is 4.11. The van der Waals surface area contributed by atoms with E-state index in [4.69, 9.17) is 9.47 Å². The molecule has 2 heterocycles. The van der Waals surface area contributed by atoms with E-state index in [-0.39, 0.29) is 24.2 Å². The smallest absolute Gasteiger partial charge is 0.247 e. The first kappa shape index (κ1) is 14.3. The molecular weight excluding hydrogens is 266 g/mol. The number of nitrogens with one attached hydrogen (secondary N) is 1. The van der Waals surface area contributed by atoms with E-state index in [0.717, 1.165) is 11.1 Å². The SMILES string of the molecule is CC1=C[C@]2(CO[C@@H](c3ccccc3)O[C@@H]2C(C)C)NC1=O. The molecule has 0 unspecified atom stereocenters. The first-order chi connectivity index (χ1) is 10.0. The molecule has 1 spiro atoms. The number of hydrogen-bond donors (Lipinski definition) is 1. The summed E-state index contributed by atoms with van der Waals surface area (Å²) in [5.41, 5.74) is 1.19. The predicted octanol–water partition coefficient (Wildman–Crippen LogP) is 2.57. The summed E-state index contributed by atoms with van der Waals surface area (Å²) in [5, 5.41) is 3.04. The molecule has 1 saturated heterocycles. The molecule has 0 aliphatic carbocycles. The summed E-state index contributed by atoms with van der Waals surface area (Å²) in [6.07, 6.45) is 1.47. The fraction of sp³-hybridized carbons (Fsp3) is 0.471. The van der Waals surface area contributed by atoms with Crippen LogP contribution in [0.3, 0.4) is 0 Å². The van der Waals surface area contributed by atoms with E-state index < -0.39 is 5.54 Å².